The van der Waals surface area contributed by atoms with E-state index in [2.05, 4.69) is 23.8 Å². The fourth-order valence-corrected chi connectivity index (χ4v) is 5.14. The molecular formula is C34H66O3. The lowest BCUT2D eigenvalue weighted by molar-refractivity contribution is -0.150. The summed E-state index contributed by atoms with van der Waals surface area (Å²) in [5.41, 5.74) is 0. The van der Waals surface area contributed by atoms with Gasteiger partial charge < -0.3 is 9.84 Å². The van der Waals surface area contributed by atoms with Gasteiger partial charge in [-0.05, 0) is 38.5 Å². The Labute approximate surface area is 232 Å². The lowest BCUT2D eigenvalue weighted by Gasteiger charge is -2.06. The number of hydrogen-bond acceptors (Lipinski definition) is 3. The van der Waals surface area contributed by atoms with Crippen molar-refractivity contribution in [2.24, 2.45) is 0 Å². The summed E-state index contributed by atoms with van der Waals surface area (Å²) in [7, 11) is 1.32. The minimum absolute atomic E-state index is 0.500. The van der Waals surface area contributed by atoms with Gasteiger partial charge in [0.1, 0.15) is 0 Å². The SMILES string of the molecule is CCCCCCCCCCCCCCCCCCCCCCCCCC=CCCCCC(O)C(=O)OC. The Bertz CT molecular complexity index is 474. The number of aliphatic hydroxyl groups is 1. The maximum absolute atomic E-state index is 11.1. The summed E-state index contributed by atoms with van der Waals surface area (Å²) in [5, 5.41) is 9.53. The molecule has 0 aromatic carbocycles. The van der Waals surface area contributed by atoms with Crippen molar-refractivity contribution in [2.75, 3.05) is 7.11 Å². The first-order valence-corrected chi connectivity index (χ1v) is 16.6. The highest BCUT2D eigenvalue weighted by Gasteiger charge is 2.13. The standard InChI is InChI=1S/C34H66O3/c1-3-4-5-6-7-8-9-10-11-12-13-14-15-16-17-18-19-20-21-22-23-24-25-26-27-28-29-30-31-32-33(35)34(36)37-2/h27-28,33,35H,3-26,29-32H2,1-2H3. The monoisotopic (exact) mass is 523 g/mol. The van der Waals surface area contributed by atoms with Gasteiger partial charge in [0.05, 0.1) is 7.11 Å². The average molecular weight is 523 g/mol. The number of allylic oxidation sites excluding steroid dienone is 2. The van der Waals surface area contributed by atoms with Crippen LogP contribution in [-0.4, -0.2) is 24.3 Å². The van der Waals surface area contributed by atoms with E-state index in [-0.39, 0.29) is 0 Å². The van der Waals surface area contributed by atoms with Crippen molar-refractivity contribution in [3.05, 3.63) is 12.2 Å². The molecule has 37 heavy (non-hydrogen) atoms. The van der Waals surface area contributed by atoms with Crippen LogP contribution in [0, 0.1) is 0 Å². The fourth-order valence-electron chi connectivity index (χ4n) is 5.14. The first-order valence-electron chi connectivity index (χ1n) is 16.6. The van der Waals surface area contributed by atoms with Gasteiger partial charge in [0.15, 0.2) is 6.10 Å². The van der Waals surface area contributed by atoms with Crippen molar-refractivity contribution in [2.45, 2.75) is 193 Å². The van der Waals surface area contributed by atoms with Crippen LogP contribution in [0.3, 0.4) is 0 Å². The molecule has 0 spiro atoms. The smallest absolute Gasteiger partial charge is 0.334 e. The van der Waals surface area contributed by atoms with Crippen molar-refractivity contribution < 1.29 is 14.6 Å². The minimum atomic E-state index is -0.956. The zero-order chi connectivity index (χ0) is 27.1. The topological polar surface area (TPSA) is 46.5 Å². The molecule has 0 saturated carbocycles. The van der Waals surface area contributed by atoms with Gasteiger partial charge in [-0.3, -0.25) is 0 Å². The molecule has 0 aliphatic rings. The largest absolute Gasteiger partial charge is 0.467 e. The van der Waals surface area contributed by atoms with Gasteiger partial charge in [-0.1, -0.05) is 160 Å². The predicted octanol–water partition coefficient (Wildman–Crippen LogP) is 11.0. The third kappa shape index (κ3) is 29.6. The quantitative estimate of drug-likeness (QED) is 0.0579. The summed E-state index contributed by atoms with van der Waals surface area (Å²) in [4.78, 5) is 11.1. The van der Waals surface area contributed by atoms with E-state index in [0.717, 1.165) is 19.3 Å². The number of ether oxygens (including phenoxy) is 1. The number of aliphatic hydroxyl groups excluding tert-OH is 1. The molecule has 0 aromatic rings. The zero-order valence-corrected chi connectivity index (χ0v) is 25.3. The molecule has 0 aromatic heterocycles. The summed E-state index contributed by atoms with van der Waals surface area (Å²) >= 11 is 0. The molecule has 0 bridgehead atoms. The molecule has 0 radical (unpaired) electrons. The number of carbonyl (C=O) groups excluding carboxylic acids is 1. The highest BCUT2D eigenvalue weighted by molar-refractivity contribution is 5.74. The van der Waals surface area contributed by atoms with Crippen molar-refractivity contribution in [1.82, 2.24) is 0 Å². The summed E-state index contributed by atoms with van der Waals surface area (Å²) in [5.74, 6) is -0.518. The van der Waals surface area contributed by atoms with Crippen molar-refractivity contribution in [3.63, 3.8) is 0 Å². The van der Waals surface area contributed by atoms with E-state index in [1.807, 2.05) is 0 Å². The number of methoxy groups -OCH3 is 1. The van der Waals surface area contributed by atoms with Crippen molar-refractivity contribution >= 4 is 5.97 Å². The number of hydrogen-bond donors (Lipinski definition) is 1. The van der Waals surface area contributed by atoms with Crippen molar-refractivity contribution in [3.8, 4) is 0 Å². The summed E-state index contributed by atoms with van der Waals surface area (Å²) in [6, 6.07) is 0. The van der Waals surface area contributed by atoms with E-state index < -0.39 is 12.1 Å². The van der Waals surface area contributed by atoms with E-state index in [1.54, 1.807) is 0 Å². The van der Waals surface area contributed by atoms with Crippen LogP contribution in [0.4, 0.5) is 0 Å². The van der Waals surface area contributed by atoms with E-state index in [1.165, 1.54) is 161 Å². The summed E-state index contributed by atoms with van der Waals surface area (Å²) in [6.45, 7) is 2.30. The molecule has 1 N–H and O–H groups in total. The van der Waals surface area contributed by atoms with Gasteiger partial charge in [0.2, 0.25) is 0 Å². The van der Waals surface area contributed by atoms with Gasteiger partial charge in [-0.15, -0.1) is 0 Å². The maximum Gasteiger partial charge on any atom is 0.334 e. The number of rotatable bonds is 30. The van der Waals surface area contributed by atoms with Crippen LogP contribution < -0.4 is 0 Å². The Morgan fingerprint density at radius 3 is 1.16 bits per heavy atom. The van der Waals surface area contributed by atoms with Crippen LogP contribution >= 0.6 is 0 Å². The Kier molecular flexibility index (Phi) is 30.7. The molecule has 0 aliphatic heterocycles. The molecule has 0 aliphatic carbocycles. The number of carbonyl (C=O) groups is 1. The summed E-state index contributed by atoms with van der Waals surface area (Å²) < 4.78 is 4.52. The molecule has 1 unspecified atom stereocenters. The van der Waals surface area contributed by atoms with Gasteiger partial charge in [-0.2, -0.15) is 0 Å². The molecule has 0 heterocycles. The molecule has 220 valence electrons. The zero-order valence-electron chi connectivity index (χ0n) is 25.3. The Hall–Kier alpha value is -0.830. The van der Waals surface area contributed by atoms with Crippen LogP contribution in [-0.2, 0) is 9.53 Å². The highest BCUT2D eigenvalue weighted by atomic mass is 16.5. The van der Waals surface area contributed by atoms with Gasteiger partial charge in [0, 0.05) is 0 Å². The molecule has 0 fully saturated rings. The first kappa shape index (κ1) is 36.2. The van der Waals surface area contributed by atoms with Crippen LogP contribution in [0.1, 0.15) is 187 Å². The van der Waals surface area contributed by atoms with Crippen LogP contribution in [0.2, 0.25) is 0 Å². The third-order valence-electron chi connectivity index (χ3n) is 7.71. The molecule has 0 rings (SSSR count). The average Bonchev–Trinajstić information content (AvgIpc) is 2.91. The van der Waals surface area contributed by atoms with Crippen LogP contribution in [0.5, 0.6) is 0 Å². The Balaban J connectivity index is 3.13. The minimum Gasteiger partial charge on any atom is -0.467 e. The van der Waals surface area contributed by atoms with Gasteiger partial charge in [-0.25, -0.2) is 4.79 Å². The van der Waals surface area contributed by atoms with Crippen molar-refractivity contribution in [1.29, 1.82) is 0 Å². The van der Waals surface area contributed by atoms with E-state index in [9.17, 15) is 9.90 Å². The third-order valence-corrected chi connectivity index (χ3v) is 7.71. The first-order chi connectivity index (χ1) is 18.2. The van der Waals surface area contributed by atoms with Gasteiger partial charge >= 0.3 is 5.97 Å². The van der Waals surface area contributed by atoms with Gasteiger partial charge in [0.25, 0.3) is 0 Å². The second-order valence-corrected chi connectivity index (χ2v) is 11.4. The Morgan fingerprint density at radius 1 is 0.541 bits per heavy atom. The predicted molar refractivity (Wildman–Crippen MR) is 162 cm³/mol. The number of esters is 1. The molecular weight excluding hydrogens is 456 g/mol. The van der Waals surface area contributed by atoms with Crippen LogP contribution in [0.25, 0.3) is 0 Å². The van der Waals surface area contributed by atoms with E-state index in [0.29, 0.717) is 6.42 Å². The second-order valence-electron chi connectivity index (χ2n) is 11.4. The summed E-state index contributed by atoms with van der Waals surface area (Å²) in [6.07, 6.45) is 41.2. The fraction of sp³-hybridized carbons (Fsp3) is 0.912. The molecule has 3 nitrogen and oxygen atoms in total. The van der Waals surface area contributed by atoms with E-state index in [4.69, 9.17) is 0 Å². The molecule has 0 amide bonds. The highest BCUT2D eigenvalue weighted by Crippen LogP contribution is 2.16. The van der Waals surface area contributed by atoms with Crippen LogP contribution in [0.15, 0.2) is 12.2 Å². The Morgan fingerprint density at radius 2 is 0.838 bits per heavy atom. The second kappa shape index (κ2) is 31.4. The lowest BCUT2D eigenvalue weighted by Crippen LogP contribution is -2.21. The molecule has 1 atom stereocenters. The number of unbranched alkanes of at least 4 members (excludes halogenated alkanes) is 25. The maximum atomic E-state index is 11.1. The normalized spacial score (nSPS) is 12.4. The van der Waals surface area contributed by atoms with E-state index >= 15 is 0 Å². The lowest BCUT2D eigenvalue weighted by atomic mass is 10.0. The molecule has 0 saturated heterocycles. The molecule has 3 heteroatoms.